The fourth-order valence-electron chi connectivity index (χ4n) is 5.95. The van der Waals surface area contributed by atoms with E-state index in [9.17, 15) is 4.79 Å². The number of carbonyl (C=O) groups is 1. The average molecular weight is 473 g/mol. The van der Waals surface area contributed by atoms with Crippen molar-refractivity contribution in [3.63, 3.8) is 0 Å². The first kappa shape index (κ1) is 27.0. The van der Waals surface area contributed by atoms with Gasteiger partial charge in [0.05, 0.1) is 5.92 Å². The van der Waals surface area contributed by atoms with Crippen LogP contribution in [0.5, 0.6) is 0 Å². The molecule has 0 heterocycles. The Labute approximate surface area is 193 Å². The molecule has 0 aromatic carbocycles. The van der Waals surface area contributed by atoms with Gasteiger partial charge in [-0.15, -0.1) is 0 Å². The van der Waals surface area contributed by atoms with Gasteiger partial charge in [-0.1, -0.05) is 52.4 Å². The Bertz CT molecular complexity index is 485. The summed E-state index contributed by atoms with van der Waals surface area (Å²) in [5, 5.41) is 0. The van der Waals surface area contributed by atoms with Gasteiger partial charge in [-0.2, -0.15) is 0 Å². The Morgan fingerprint density at radius 2 is 1.29 bits per heavy atom. The predicted molar refractivity (Wildman–Crippen MR) is 131 cm³/mol. The van der Waals surface area contributed by atoms with Crippen molar-refractivity contribution >= 4 is 23.1 Å². The molecule has 1 atom stereocenters. The lowest BCUT2D eigenvalue weighted by Crippen LogP contribution is -2.51. The number of hydrogen-bond donors (Lipinski definition) is 0. The van der Waals surface area contributed by atoms with Crippen LogP contribution in [0.4, 0.5) is 0 Å². The standard InChI is InChI=1S/C24H48O5Si2/c1-6-10-19-30(22-15-11-12-16-22,23-17-13-14-18-23)29-24(25)21(5)20-31(26-7-2,27-8-3)28-9-4/h21-23H,6-20H2,1-5H3. The third kappa shape index (κ3) is 7.13. The lowest BCUT2D eigenvalue weighted by molar-refractivity contribution is -0.139. The summed E-state index contributed by atoms with van der Waals surface area (Å²) in [4.78, 5) is 13.6. The Hall–Kier alpha value is -0.216. The Morgan fingerprint density at radius 3 is 1.68 bits per heavy atom. The van der Waals surface area contributed by atoms with Crippen molar-refractivity contribution in [2.24, 2.45) is 5.92 Å². The first-order valence-electron chi connectivity index (χ1n) is 13.1. The van der Waals surface area contributed by atoms with E-state index in [0.29, 0.717) is 36.9 Å². The molecule has 2 fully saturated rings. The molecular formula is C24H48O5Si2. The lowest BCUT2D eigenvalue weighted by Gasteiger charge is -2.42. The molecule has 2 rings (SSSR count). The van der Waals surface area contributed by atoms with Gasteiger partial charge in [0.1, 0.15) is 0 Å². The van der Waals surface area contributed by atoms with E-state index >= 15 is 0 Å². The molecule has 2 saturated carbocycles. The molecule has 0 aliphatic heterocycles. The van der Waals surface area contributed by atoms with Crippen molar-refractivity contribution in [3.8, 4) is 0 Å². The van der Waals surface area contributed by atoms with Crippen LogP contribution in [-0.2, 0) is 22.5 Å². The highest BCUT2D eigenvalue weighted by Gasteiger charge is 2.54. The first-order valence-corrected chi connectivity index (χ1v) is 17.3. The number of rotatable bonds is 15. The quantitative estimate of drug-likeness (QED) is 0.244. The maximum atomic E-state index is 13.6. The van der Waals surface area contributed by atoms with Gasteiger partial charge < -0.3 is 17.7 Å². The van der Waals surface area contributed by atoms with Gasteiger partial charge in [0.15, 0.2) is 0 Å². The third-order valence-corrected chi connectivity index (χ3v) is 16.3. The van der Waals surface area contributed by atoms with Crippen LogP contribution in [0.1, 0.15) is 98.8 Å². The molecule has 2 aliphatic carbocycles. The highest BCUT2D eigenvalue weighted by molar-refractivity contribution is 6.78. The normalized spacial score (nSPS) is 19.8. The summed E-state index contributed by atoms with van der Waals surface area (Å²) in [7, 11) is -5.03. The fourth-order valence-corrected chi connectivity index (χ4v) is 15.0. The zero-order chi connectivity index (χ0) is 22.7. The minimum atomic E-state index is -2.87. The summed E-state index contributed by atoms with van der Waals surface area (Å²) in [6, 6.07) is 1.66. The molecule has 0 amide bonds. The molecule has 2 aliphatic rings. The summed E-state index contributed by atoms with van der Waals surface area (Å²) >= 11 is 0. The third-order valence-electron chi connectivity index (χ3n) is 7.36. The van der Waals surface area contributed by atoms with Crippen molar-refractivity contribution in [2.45, 2.75) is 122 Å². The van der Waals surface area contributed by atoms with Crippen LogP contribution in [0.15, 0.2) is 0 Å². The van der Waals surface area contributed by atoms with Gasteiger partial charge in [0, 0.05) is 25.9 Å². The van der Waals surface area contributed by atoms with Crippen molar-refractivity contribution in [3.05, 3.63) is 0 Å². The molecule has 182 valence electrons. The molecule has 0 bridgehead atoms. The van der Waals surface area contributed by atoms with Crippen LogP contribution in [0.2, 0.25) is 23.2 Å². The van der Waals surface area contributed by atoms with E-state index in [1.54, 1.807) is 0 Å². The van der Waals surface area contributed by atoms with Crippen LogP contribution in [0, 0.1) is 5.92 Å². The van der Waals surface area contributed by atoms with E-state index in [-0.39, 0.29) is 11.9 Å². The summed E-state index contributed by atoms with van der Waals surface area (Å²) in [5.74, 6) is -0.273. The molecule has 7 heteroatoms. The van der Waals surface area contributed by atoms with E-state index in [1.807, 2.05) is 27.7 Å². The smallest absolute Gasteiger partial charge is 0.501 e. The summed E-state index contributed by atoms with van der Waals surface area (Å²) in [5.41, 5.74) is 1.32. The fraction of sp³-hybridized carbons (Fsp3) is 0.958. The van der Waals surface area contributed by atoms with Gasteiger partial charge in [0.2, 0.25) is 0 Å². The number of hydrogen-bond acceptors (Lipinski definition) is 5. The zero-order valence-electron chi connectivity index (χ0n) is 20.9. The monoisotopic (exact) mass is 472 g/mol. The molecule has 31 heavy (non-hydrogen) atoms. The summed E-state index contributed by atoms with van der Waals surface area (Å²) in [6.45, 7) is 11.7. The molecular weight excluding hydrogens is 424 g/mol. The molecule has 0 aromatic heterocycles. The van der Waals surface area contributed by atoms with Crippen LogP contribution in [0.3, 0.4) is 0 Å². The van der Waals surface area contributed by atoms with Gasteiger partial charge in [0.25, 0.3) is 14.3 Å². The molecule has 0 radical (unpaired) electrons. The van der Waals surface area contributed by atoms with Gasteiger partial charge in [-0.05, 0) is 63.6 Å². The molecule has 1 unspecified atom stereocenters. The Morgan fingerprint density at radius 1 is 0.839 bits per heavy atom. The second-order valence-corrected chi connectivity index (χ2v) is 16.4. The molecule has 0 saturated heterocycles. The first-order chi connectivity index (χ1) is 15.0. The second kappa shape index (κ2) is 13.5. The minimum absolute atomic E-state index is 0.0162. The number of carbonyl (C=O) groups excluding carboxylic acids is 1. The summed E-state index contributed by atoms with van der Waals surface area (Å²) in [6.07, 6.45) is 12.7. The van der Waals surface area contributed by atoms with Crippen LogP contribution in [0.25, 0.3) is 0 Å². The van der Waals surface area contributed by atoms with E-state index in [0.717, 1.165) is 6.04 Å². The van der Waals surface area contributed by atoms with E-state index < -0.39 is 17.1 Å². The Balaban J connectivity index is 2.22. The molecule has 0 N–H and O–H groups in total. The highest BCUT2D eigenvalue weighted by atomic mass is 28.4. The summed E-state index contributed by atoms with van der Waals surface area (Å²) < 4.78 is 24.9. The lowest BCUT2D eigenvalue weighted by atomic mass is 10.2. The molecule has 5 nitrogen and oxygen atoms in total. The highest BCUT2D eigenvalue weighted by Crippen LogP contribution is 2.53. The van der Waals surface area contributed by atoms with E-state index in [1.165, 1.54) is 64.2 Å². The maximum absolute atomic E-state index is 13.6. The van der Waals surface area contributed by atoms with Gasteiger partial charge >= 0.3 is 8.80 Å². The topological polar surface area (TPSA) is 54.0 Å². The largest absolute Gasteiger partial charge is 0.518 e. The van der Waals surface area contributed by atoms with Crippen LogP contribution >= 0.6 is 0 Å². The predicted octanol–water partition coefficient (Wildman–Crippen LogP) is 6.85. The van der Waals surface area contributed by atoms with Crippen LogP contribution in [-0.4, -0.2) is 42.9 Å². The Kier molecular flexibility index (Phi) is 11.8. The van der Waals surface area contributed by atoms with Gasteiger partial charge in [-0.3, -0.25) is 4.79 Å². The molecule has 0 spiro atoms. The SMILES string of the molecule is CCCC[Si](OC(=O)C(C)C[Si](OCC)(OCC)OCC)(C1CCCC1)C1CCCC1. The molecule has 0 aromatic rings. The van der Waals surface area contributed by atoms with E-state index in [2.05, 4.69) is 6.92 Å². The number of unbranched alkanes of at least 4 members (excludes halogenated alkanes) is 1. The van der Waals surface area contributed by atoms with E-state index in [4.69, 9.17) is 17.7 Å². The van der Waals surface area contributed by atoms with Crippen LogP contribution < -0.4 is 0 Å². The second-order valence-electron chi connectivity index (χ2n) is 9.53. The van der Waals surface area contributed by atoms with Crippen molar-refractivity contribution in [1.82, 2.24) is 0 Å². The average Bonchev–Trinajstić information content (AvgIpc) is 3.46. The maximum Gasteiger partial charge on any atom is 0.501 e. The van der Waals surface area contributed by atoms with Crippen molar-refractivity contribution < 1.29 is 22.5 Å². The van der Waals surface area contributed by atoms with Crippen molar-refractivity contribution in [1.29, 1.82) is 0 Å². The zero-order valence-corrected chi connectivity index (χ0v) is 22.9. The van der Waals surface area contributed by atoms with Crippen molar-refractivity contribution in [2.75, 3.05) is 19.8 Å². The van der Waals surface area contributed by atoms with Gasteiger partial charge in [-0.25, -0.2) is 0 Å². The minimum Gasteiger partial charge on any atom is -0.518 e.